The molecule has 0 aliphatic heterocycles. The summed E-state index contributed by atoms with van der Waals surface area (Å²) in [5.74, 6) is 2.61. The third kappa shape index (κ3) is 4.16. The first-order valence-electron chi connectivity index (χ1n) is 9.49. The lowest BCUT2D eigenvalue weighted by molar-refractivity contribution is 0.415. The molecule has 0 N–H and O–H groups in total. The second-order valence-corrected chi connectivity index (χ2v) is 7.81. The van der Waals surface area contributed by atoms with Gasteiger partial charge in [-0.15, -0.1) is 27.0 Å². The van der Waals surface area contributed by atoms with Crippen LogP contribution in [0.15, 0.2) is 46.5 Å². The van der Waals surface area contributed by atoms with Crippen LogP contribution in [0.3, 0.4) is 0 Å². The first kappa shape index (κ1) is 18.9. The summed E-state index contributed by atoms with van der Waals surface area (Å²) in [5.41, 5.74) is 0.694. The molecule has 0 bridgehead atoms. The second-order valence-electron chi connectivity index (χ2n) is 6.87. The fourth-order valence-corrected chi connectivity index (χ4v) is 4.31. The Morgan fingerprint density at radius 3 is 2.64 bits per heavy atom. The quantitative estimate of drug-likeness (QED) is 0.412. The molecule has 2 aromatic heterocycles. The van der Waals surface area contributed by atoms with Crippen molar-refractivity contribution >= 4 is 11.8 Å². The van der Waals surface area contributed by atoms with Crippen molar-refractivity contribution in [1.29, 1.82) is 0 Å². The first-order valence-corrected chi connectivity index (χ1v) is 10.5. The SMILES string of the molecule is C=CCn1c(SCc2nnc(-c3ccc(F)cc3)o2)nnc1C1CCCCC1. The summed E-state index contributed by atoms with van der Waals surface area (Å²) in [6.45, 7) is 4.56. The highest BCUT2D eigenvalue weighted by Crippen LogP contribution is 2.33. The maximum absolute atomic E-state index is 13.1. The molecule has 28 heavy (non-hydrogen) atoms. The van der Waals surface area contributed by atoms with Crippen LogP contribution < -0.4 is 0 Å². The Kier molecular flexibility index (Phi) is 5.85. The monoisotopic (exact) mass is 399 g/mol. The summed E-state index contributed by atoms with van der Waals surface area (Å²) in [6, 6.07) is 5.99. The van der Waals surface area contributed by atoms with Gasteiger partial charge < -0.3 is 8.98 Å². The molecule has 0 saturated heterocycles. The molecule has 1 aliphatic carbocycles. The van der Waals surface area contributed by atoms with E-state index < -0.39 is 0 Å². The minimum Gasteiger partial charge on any atom is -0.420 e. The number of halogens is 1. The highest BCUT2D eigenvalue weighted by molar-refractivity contribution is 7.98. The van der Waals surface area contributed by atoms with Crippen molar-refractivity contribution in [3.63, 3.8) is 0 Å². The molecule has 1 aliphatic rings. The van der Waals surface area contributed by atoms with Gasteiger partial charge in [0, 0.05) is 18.0 Å². The van der Waals surface area contributed by atoms with Crippen molar-refractivity contribution in [2.24, 2.45) is 0 Å². The maximum atomic E-state index is 13.1. The molecule has 146 valence electrons. The van der Waals surface area contributed by atoms with E-state index in [2.05, 4.69) is 31.5 Å². The van der Waals surface area contributed by atoms with Gasteiger partial charge in [-0.05, 0) is 37.1 Å². The van der Waals surface area contributed by atoms with E-state index in [1.807, 2.05) is 6.08 Å². The molecule has 0 atom stereocenters. The molecule has 1 aromatic carbocycles. The van der Waals surface area contributed by atoms with Crippen molar-refractivity contribution < 1.29 is 8.81 Å². The van der Waals surface area contributed by atoms with Crippen molar-refractivity contribution in [2.45, 2.75) is 55.5 Å². The molecule has 0 unspecified atom stereocenters. The molecule has 1 saturated carbocycles. The summed E-state index contributed by atoms with van der Waals surface area (Å²) in [6.07, 6.45) is 8.03. The molecule has 4 rings (SSSR count). The second kappa shape index (κ2) is 8.68. The first-order chi connectivity index (χ1) is 13.7. The van der Waals surface area contributed by atoms with E-state index >= 15 is 0 Å². The van der Waals surface area contributed by atoms with Gasteiger partial charge in [-0.1, -0.05) is 37.1 Å². The van der Waals surface area contributed by atoms with Gasteiger partial charge >= 0.3 is 0 Å². The minimum atomic E-state index is -0.297. The molecular weight excluding hydrogens is 377 g/mol. The van der Waals surface area contributed by atoms with Crippen molar-refractivity contribution in [3.05, 3.63) is 54.5 Å². The van der Waals surface area contributed by atoms with Crippen LogP contribution >= 0.6 is 11.8 Å². The number of benzene rings is 1. The zero-order chi connectivity index (χ0) is 19.3. The van der Waals surface area contributed by atoms with Gasteiger partial charge in [0.25, 0.3) is 0 Å². The van der Waals surface area contributed by atoms with Gasteiger partial charge in [-0.2, -0.15) is 0 Å². The Labute approximate surface area is 167 Å². The highest BCUT2D eigenvalue weighted by Gasteiger charge is 2.23. The van der Waals surface area contributed by atoms with Crippen LogP contribution in [-0.4, -0.2) is 25.0 Å². The number of rotatable bonds is 7. The fraction of sp³-hybridized carbons (Fsp3) is 0.400. The van der Waals surface area contributed by atoms with Gasteiger partial charge in [0.2, 0.25) is 11.8 Å². The summed E-state index contributed by atoms with van der Waals surface area (Å²) < 4.78 is 20.9. The zero-order valence-electron chi connectivity index (χ0n) is 15.6. The predicted octanol–water partition coefficient (Wildman–Crippen LogP) is 4.99. The maximum Gasteiger partial charge on any atom is 0.247 e. The van der Waals surface area contributed by atoms with Gasteiger partial charge in [-0.3, -0.25) is 0 Å². The number of nitrogens with zero attached hydrogens (tertiary/aromatic N) is 5. The third-order valence-electron chi connectivity index (χ3n) is 4.91. The fourth-order valence-electron chi connectivity index (χ4n) is 3.52. The van der Waals surface area contributed by atoms with Gasteiger partial charge in [0.15, 0.2) is 5.16 Å². The molecule has 0 amide bonds. The van der Waals surface area contributed by atoms with Crippen molar-refractivity contribution in [1.82, 2.24) is 25.0 Å². The van der Waals surface area contributed by atoms with Crippen molar-refractivity contribution in [3.8, 4) is 11.5 Å². The molecule has 0 spiro atoms. The third-order valence-corrected chi connectivity index (χ3v) is 5.86. The van der Waals surface area contributed by atoms with Gasteiger partial charge in [-0.25, -0.2) is 4.39 Å². The van der Waals surface area contributed by atoms with Crippen LogP contribution in [0.5, 0.6) is 0 Å². The van der Waals surface area contributed by atoms with E-state index in [0.717, 1.165) is 11.0 Å². The van der Waals surface area contributed by atoms with Crippen LogP contribution in [-0.2, 0) is 12.3 Å². The van der Waals surface area contributed by atoms with E-state index in [4.69, 9.17) is 4.42 Å². The molecule has 6 nitrogen and oxygen atoms in total. The van der Waals surface area contributed by atoms with Crippen LogP contribution in [0.1, 0.15) is 49.7 Å². The molecule has 3 aromatic rings. The number of hydrogen-bond donors (Lipinski definition) is 0. The van der Waals surface area contributed by atoms with Crippen LogP contribution in [0, 0.1) is 5.82 Å². The lowest BCUT2D eigenvalue weighted by Gasteiger charge is -2.21. The topological polar surface area (TPSA) is 69.6 Å². The van der Waals surface area contributed by atoms with E-state index in [1.165, 1.54) is 56.0 Å². The van der Waals surface area contributed by atoms with E-state index in [0.29, 0.717) is 35.6 Å². The van der Waals surface area contributed by atoms with Crippen LogP contribution in [0.25, 0.3) is 11.5 Å². The number of thioether (sulfide) groups is 1. The molecule has 1 fully saturated rings. The van der Waals surface area contributed by atoms with Crippen LogP contribution in [0.4, 0.5) is 4.39 Å². The smallest absolute Gasteiger partial charge is 0.247 e. The molecular formula is C20H22FN5OS. The minimum absolute atomic E-state index is 0.297. The standard InChI is InChI=1S/C20H22FN5OS/c1-2-12-26-18(14-6-4-3-5-7-14)23-25-20(26)28-13-17-22-24-19(27-17)15-8-10-16(21)11-9-15/h2,8-11,14H,1,3-7,12-13H2. The predicted molar refractivity (Wildman–Crippen MR) is 105 cm³/mol. The van der Waals surface area contributed by atoms with E-state index in [-0.39, 0.29) is 5.82 Å². The summed E-state index contributed by atoms with van der Waals surface area (Å²) in [4.78, 5) is 0. The van der Waals surface area contributed by atoms with E-state index in [9.17, 15) is 4.39 Å². The van der Waals surface area contributed by atoms with Gasteiger partial charge in [0.05, 0.1) is 5.75 Å². The highest BCUT2D eigenvalue weighted by atomic mass is 32.2. The van der Waals surface area contributed by atoms with Crippen molar-refractivity contribution in [2.75, 3.05) is 0 Å². The Bertz CT molecular complexity index is 930. The lowest BCUT2D eigenvalue weighted by Crippen LogP contribution is -2.12. The number of hydrogen-bond acceptors (Lipinski definition) is 6. The molecule has 2 heterocycles. The summed E-state index contributed by atoms with van der Waals surface area (Å²) in [5, 5.41) is 17.9. The normalized spacial score (nSPS) is 15.0. The average molecular weight is 399 g/mol. The summed E-state index contributed by atoms with van der Waals surface area (Å²) in [7, 11) is 0. The number of allylic oxidation sites excluding steroid dienone is 1. The largest absolute Gasteiger partial charge is 0.420 e. The Balaban J connectivity index is 1.46. The summed E-state index contributed by atoms with van der Waals surface area (Å²) >= 11 is 1.52. The lowest BCUT2D eigenvalue weighted by atomic mass is 9.89. The number of aromatic nitrogens is 5. The molecule has 8 heteroatoms. The Hall–Kier alpha value is -2.48. The van der Waals surface area contributed by atoms with E-state index in [1.54, 1.807) is 12.1 Å². The molecule has 0 radical (unpaired) electrons. The van der Waals surface area contributed by atoms with Gasteiger partial charge in [0.1, 0.15) is 11.6 Å². The zero-order valence-corrected chi connectivity index (χ0v) is 16.4. The average Bonchev–Trinajstić information content (AvgIpc) is 3.35. The Morgan fingerprint density at radius 2 is 1.89 bits per heavy atom. The van der Waals surface area contributed by atoms with Crippen LogP contribution in [0.2, 0.25) is 0 Å². The Morgan fingerprint density at radius 1 is 1.11 bits per heavy atom.